The molecule has 0 fully saturated rings. The minimum atomic E-state index is -4.00. The number of ether oxygens (including phenoxy) is 1. The molecule has 0 amide bonds. The molecule has 8 heteroatoms. The molecule has 0 aliphatic carbocycles. The van der Waals surface area contributed by atoms with Crippen molar-refractivity contribution < 1.29 is 27.9 Å². The predicted molar refractivity (Wildman–Crippen MR) is 47.5 cm³/mol. The van der Waals surface area contributed by atoms with Crippen LogP contribution in [0.25, 0.3) is 0 Å². The summed E-state index contributed by atoms with van der Waals surface area (Å²) >= 11 is 0. The molecule has 0 aromatic carbocycles. The maximum atomic E-state index is 10.1. The Morgan fingerprint density at radius 3 is 2.31 bits per heavy atom. The third-order valence-electron chi connectivity index (χ3n) is 1.01. The SMILES string of the molecule is O=S(=O)(O)CCOCC(O)CO.[NaH]. The van der Waals surface area contributed by atoms with E-state index in [2.05, 4.69) is 4.74 Å². The average Bonchev–Trinajstić information content (AvgIpc) is 1.96. The first-order chi connectivity index (χ1) is 5.45. The Bertz CT molecular complexity index is 203. The van der Waals surface area contributed by atoms with Gasteiger partial charge in [-0.15, -0.1) is 0 Å². The predicted octanol–water partition coefficient (Wildman–Crippen LogP) is -2.40. The molecule has 0 aliphatic heterocycles. The first-order valence-electron chi connectivity index (χ1n) is 3.27. The van der Waals surface area contributed by atoms with Gasteiger partial charge in [-0.3, -0.25) is 4.55 Å². The minimum absolute atomic E-state index is 0. The molecule has 3 N–H and O–H groups in total. The van der Waals surface area contributed by atoms with Crippen LogP contribution in [0.15, 0.2) is 0 Å². The summed E-state index contributed by atoms with van der Waals surface area (Å²) < 4.78 is 33.1. The van der Waals surface area contributed by atoms with Crippen LogP contribution in [0.1, 0.15) is 0 Å². The van der Waals surface area contributed by atoms with E-state index >= 15 is 0 Å². The standard InChI is InChI=1S/C5H12O6S.Na.H/c6-3-5(7)4-11-1-2-12(8,9)10;;/h5-7H,1-4H2,(H,8,9,10);;. The van der Waals surface area contributed by atoms with Gasteiger partial charge in [0.1, 0.15) is 6.10 Å². The van der Waals surface area contributed by atoms with Gasteiger partial charge in [0.2, 0.25) is 0 Å². The van der Waals surface area contributed by atoms with Crippen molar-refractivity contribution >= 4 is 39.7 Å². The van der Waals surface area contributed by atoms with Gasteiger partial charge in [-0.05, 0) is 0 Å². The van der Waals surface area contributed by atoms with Crippen LogP contribution in [0, 0.1) is 0 Å². The van der Waals surface area contributed by atoms with E-state index in [-0.39, 0.29) is 42.8 Å². The zero-order chi connectivity index (χ0) is 9.61. The van der Waals surface area contributed by atoms with Crippen LogP contribution in [0.2, 0.25) is 0 Å². The van der Waals surface area contributed by atoms with Crippen molar-refractivity contribution in [1.82, 2.24) is 0 Å². The number of hydrogen-bond acceptors (Lipinski definition) is 5. The van der Waals surface area contributed by atoms with Gasteiger partial charge in [0.25, 0.3) is 10.1 Å². The molecule has 0 heterocycles. The second-order valence-corrected chi connectivity index (χ2v) is 3.77. The molecule has 0 saturated carbocycles. The van der Waals surface area contributed by atoms with Crippen LogP contribution in [0.4, 0.5) is 0 Å². The van der Waals surface area contributed by atoms with Gasteiger partial charge in [0, 0.05) is 0 Å². The number of rotatable bonds is 6. The van der Waals surface area contributed by atoms with Crippen LogP contribution < -0.4 is 0 Å². The summed E-state index contributed by atoms with van der Waals surface area (Å²) in [5.41, 5.74) is 0. The van der Waals surface area contributed by atoms with Gasteiger partial charge < -0.3 is 14.9 Å². The van der Waals surface area contributed by atoms with Crippen molar-refractivity contribution in [2.24, 2.45) is 0 Å². The molecular formula is C5H13NaO6S. The molecule has 0 saturated heterocycles. The summed E-state index contributed by atoms with van der Waals surface area (Å²) in [6.07, 6.45) is -1.01. The van der Waals surface area contributed by atoms with E-state index in [1.54, 1.807) is 0 Å². The van der Waals surface area contributed by atoms with Gasteiger partial charge in [-0.2, -0.15) is 8.42 Å². The van der Waals surface area contributed by atoms with E-state index in [1.807, 2.05) is 0 Å². The van der Waals surface area contributed by atoms with Crippen molar-refractivity contribution in [3.8, 4) is 0 Å². The second-order valence-electron chi connectivity index (χ2n) is 2.20. The van der Waals surface area contributed by atoms with Crippen LogP contribution in [-0.2, 0) is 14.9 Å². The number of hydrogen-bond donors (Lipinski definition) is 3. The van der Waals surface area contributed by atoms with Gasteiger partial charge in [0.05, 0.1) is 25.6 Å². The average molecular weight is 224 g/mol. The third-order valence-corrected chi connectivity index (χ3v) is 1.69. The van der Waals surface area contributed by atoms with Gasteiger partial charge in [-0.25, -0.2) is 0 Å². The Kier molecular flexibility index (Phi) is 10.1. The van der Waals surface area contributed by atoms with Gasteiger partial charge >= 0.3 is 29.6 Å². The van der Waals surface area contributed by atoms with Crippen molar-refractivity contribution in [2.75, 3.05) is 25.6 Å². The van der Waals surface area contributed by atoms with Crippen LogP contribution in [0.3, 0.4) is 0 Å². The van der Waals surface area contributed by atoms with Gasteiger partial charge in [0.15, 0.2) is 0 Å². The van der Waals surface area contributed by atoms with E-state index in [1.165, 1.54) is 0 Å². The fourth-order valence-corrected chi connectivity index (χ4v) is 0.765. The van der Waals surface area contributed by atoms with Crippen molar-refractivity contribution in [3.63, 3.8) is 0 Å². The summed E-state index contributed by atoms with van der Waals surface area (Å²) in [6, 6.07) is 0. The van der Waals surface area contributed by atoms with E-state index in [9.17, 15) is 8.42 Å². The first-order valence-corrected chi connectivity index (χ1v) is 4.88. The Hall–Kier alpha value is 0.790. The molecule has 76 valence electrons. The molecule has 0 bridgehead atoms. The molecule has 0 radical (unpaired) electrons. The Morgan fingerprint density at radius 2 is 1.92 bits per heavy atom. The fraction of sp³-hybridized carbons (Fsp3) is 1.00. The molecule has 13 heavy (non-hydrogen) atoms. The normalized spacial score (nSPS) is 13.5. The molecule has 0 aromatic rings. The summed E-state index contributed by atoms with van der Waals surface area (Å²) in [5, 5.41) is 17.0. The number of aliphatic hydroxyl groups excluding tert-OH is 2. The monoisotopic (exact) mass is 224 g/mol. The zero-order valence-electron chi connectivity index (χ0n) is 6.38. The number of aliphatic hydroxyl groups is 2. The second kappa shape index (κ2) is 8.13. The Balaban J connectivity index is 0. The maximum absolute atomic E-state index is 10.1. The summed E-state index contributed by atoms with van der Waals surface area (Å²) in [4.78, 5) is 0. The quantitative estimate of drug-likeness (QED) is 0.264. The van der Waals surface area contributed by atoms with E-state index in [0.717, 1.165) is 0 Å². The van der Waals surface area contributed by atoms with E-state index in [4.69, 9.17) is 14.8 Å². The molecule has 0 spiro atoms. The Morgan fingerprint density at radius 1 is 1.38 bits per heavy atom. The van der Waals surface area contributed by atoms with Crippen molar-refractivity contribution in [1.29, 1.82) is 0 Å². The van der Waals surface area contributed by atoms with Gasteiger partial charge in [-0.1, -0.05) is 0 Å². The summed E-state index contributed by atoms with van der Waals surface area (Å²) in [7, 11) is -4.00. The van der Waals surface area contributed by atoms with Crippen molar-refractivity contribution in [3.05, 3.63) is 0 Å². The van der Waals surface area contributed by atoms with Crippen molar-refractivity contribution in [2.45, 2.75) is 6.10 Å². The van der Waals surface area contributed by atoms with Crippen LogP contribution >= 0.6 is 0 Å². The Labute approximate surface area is 98.9 Å². The summed E-state index contributed by atoms with van der Waals surface area (Å²) in [6.45, 7) is -0.784. The van der Waals surface area contributed by atoms with E-state index < -0.39 is 28.6 Å². The van der Waals surface area contributed by atoms with Crippen LogP contribution in [0.5, 0.6) is 0 Å². The molecule has 6 nitrogen and oxygen atoms in total. The zero-order valence-corrected chi connectivity index (χ0v) is 7.20. The fourth-order valence-electron chi connectivity index (χ4n) is 0.436. The molecule has 1 atom stereocenters. The topological polar surface area (TPSA) is 104 Å². The molecular weight excluding hydrogens is 211 g/mol. The first kappa shape index (κ1) is 16.2. The molecule has 0 aromatic heterocycles. The molecule has 1 unspecified atom stereocenters. The van der Waals surface area contributed by atoms with E-state index in [0.29, 0.717) is 0 Å². The molecule has 0 rings (SSSR count). The van der Waals surface area contributed by atoms with Crippen LogP contribution in [-0.4, -0.2) is 84.4 Å². The summed E-state index contributed by atoms with van der Waals surface area (Å²) in [5.74, 6) is -0.509. The molecule has 0 aliphatic rings. The third kappa shape index (κ3) is 12.8.